The van der Waals surface area contributed by atoms with E-state index in [2.05, 4.69) is 5.32 Å². The summed E-state index contributed by atoms with van der Waals surface area (Å²) in [5, 5.41) is 12.3. The lowest BCUT2D eigenvalue weighted by molar-refractivity contribution is -0.137. The van der Waals surface area contributed by atoms with Crippen molar-refractivity contribution in [1.29, 1.82) is 0 Å². The zero-order valence-corrected chi connectivity index (χ0v) is 20.6. The molecule has 1 aliphatic carbocycles. The summed E-state index contributed by atoms with van der Waals surface area (Å²) in [6, 6.07) is 13.6. The van der Waals surface area contributed by atoms with E-state index in [1.165, 1.54) is 30.3 Å². The van der Waals surface area contributed by atoms with Gasteiger partial charge in [-0.05, 0) is 89.9 Å². The Bertz CT molecular complexity index is 1320. The van der Waals surface area contributed by atoms with E-state index in [1.54, 1.807) is 25.1 Å². The number of hydrogen-bond donors (Lipinski definition) is 2. The van der Waals surface area contributed by atoms with E-state index in [-0.39, 0.29) is 42.1 Å². The third kappa shape index (κ3) is 6.33. The van der Waals surface area contributed by atoms with Crippen LogP contribution in [0.4, 0.5) is 23.2 Å². The molecule has 0 aliphatic heterocycles. The summed E-state index contributed by atoms with van der Waals surface area (Å²) in [5.41, 5.74) is 1.17. The van der Waals surface area contributed by atoms with Crippen molar-refractivity contribution in [1.82, 2.24) is 0 Å². The first-order chi connectivity index (χ1) is 18.0. The zero-order chi connectivity index (χ0) is 27.4. The van der Waals surface area contributed by atoms with Crippen LogP contribution in [0, 0.1) is 5.82 Å². The first kappa shape index (κ1) is 27.2. The molecule has 2 unspecified atom stereocenters. The molecule has 1 saturated carbocycles. The second kappa shape index (κ2) is 11.2. The summed E-state index contributed by atoms with van der Waals surface area (Å²) in [4.78, 5) is 23.8. The van der Waals surface area contributed by atoms with Crippen molar-refractivity contribution in [2.24, 2.45) is 0 Å². The fourth-order valence-electron chi connectivity index (χ4n) is 4.93. The number of amides is 1. The lowest BCUT2D eigenvalue weighted by atomic mass is 9.82. The van der Waals surface area contributed by atoms with E-state index in [1.807, 2.05) is 0 Å². The highest BCUT2D eigenvalue weighted by Gasteiger charge is 2.36. The lowest BCUT2D eigenvalue weighted by Crippen LogP contribution is -2.14. The highest BCUT2D eigenvalue weighted by molar-refractivity contribution is 5.94. The van der Waals surface area contributed by atoms with Gasteiger partial charge in [0.25, 0.3) is 0 Å². The van der Waals surface area contributed by atoms with Gasteiger partial charge in [0.2, 0.25) is 5.91 Å². The molecule has 4 rings (SSSR count). The van der Waals surface area contributed by atoms with Crippen molar-refractivity contribution in [2.75, 3.05) is 5.32 Å². The molecule has 0 aromatic heterocycles. The SMILES string of the molecule is CCC(=O)Nc1cc(C(=O)O)cc(C2CCCC2c2cc(C(F)(F)F)ccc2OCc2ccc(F)cc2)c1. The van der Waals surface area contributed by atoms with Gasteiger partial charge in [0.15, 0.2) is 0 Å². The molecule has 0 radical (unpaired) electrons. The molecule has 2 N–H and O–H groups in total. The maximum Gasteiger partial charge on any atom is 0.416 e. The fraction of sp³-hybridized carbons (Fsp3) is 0.310. The Morgan fingerprint density at radius 1 is 1.00 bits per heavy atom. The number of aromatic carboxylic acids is 1. The Labute approximate surface area is 217 Å². The van der Waals surface area contributed by atoms with Gasteiger partial charge in [-0.15, -0.1) is 0 Å². The molecule has 3 aromatic rings. The Morgan fingerprint density at radius 3 is 2.37 bits per heavy atom. The van der Waals surface area contributed by atoms with Gasteiger partial charge in [-0.25, -0.2) is 9.18 Å². The lowest BCUT2D eigenvalue weighted by Gasteiger charge is -2.25. The van der Waals surface area contributed by atoms with E-state index in [9.17, 15) is 32.3 Å². The fourth-order valence-corrected chi connectivity index (χ4v) is 4.93. The number of alkyl halides is 3. The summed E-state index contributed by atoms with van der Waals surface area (Å²) >= 11 is 0. The summed E-state index contributed by atoms with van der Waals surface area (Å²) in [7, 11) is 0. The highest BCUT2D eigenvalue weighted by atomic mass is 19.4. The van der Waals surface area contributed by atoms with E-state index in [4.69, 9.17) is 4.74 Å². The van der Waals surface area contributed by atoms with Crippen molar-refractivity contribution in [3.63, 3.8) is 0 Å². The van der Waals surface area contributed by atoms with Crippen LogP contribution in [0.5, 0.6) is 5.75 Å². The normalized spacial score (nSPS) is 17.3. The quantitative estimate of drug-likeness (QED) is 0.296. The van der Waals surface area contributed by atoms with Gasteiger partial charge in [-0.2, -0.15) is 13.2 Å². The molecule has 5 nitrogen and oxygen atoms in total. The van der Waals surface area contributed by atoms with Crippen molar-refractivity contribution in [2.45, 2.75) is 57.2 Å². The molecule has 0 spiro atoms. The van der Waals surface area contributed by atoms with Gasteiger partial charge in [0.1, 0.15) is 18.2 Å². The molecular formula is C29H27F4NO4. The van der Waals surface area contributed by atoms with E-state index < -0.39 is 23.5 Å². The number of ether oxygens (including phenoxy) is 1. The molecular weight excluding hydrogens is 502 g/mol. The molecule has 200 valence electrons. The van der Waals surface area contributed by atoms with Gasteiger partial charge >= 0.3 is 12.1 Å². The summed E-state index contributed by atoms with van der Waals surface area (Å²) < 4.78 is 60.2. The minimum atomic E-state index is -4.56. The Morgan fingerprint density at radius 2 is 1.71 bits per heavy atom. The topological polar surface area (TPSA) is 75.6 Å². The second-order valence-corrected chi connectivity index (χ2v) is 9.36. The highest BCUT2D eigenvalue weighted by Crippen LogP contribution is 2.50. The van der Waals surface area contributed by atoms with Crippen molar-refractivity contribution >= 4 is 17.6 Å². The minimum Gasteiger partial charge on any atom is -0.489 e. The van der Waals surface area contributed by atoms with Crippen molar-refractivity contribution in [3.8, 4) is 5.75 Å². The number of benzene rings is 3. The third-order valence-electron chi connectivity index (χ3n) is 6.80. The summed E-state index contributed by atoms with van der Waals surface area (Å²) in [6.07, 6.45) is -2.43. The number of carboxylic acid groups (broad SMARTS) is 1. The smallest absolute Gasteiger partial charge is 0.416 e. The number of carbonyl (C=O) groups excluding carboxylic acids is 1. The predicted octanol–water partition coefficient (Wildman–Crippen LogP) is 7.52. The van der Waals surface area contributed by atoms with Gasteiger partial charge in [0, 0.05) is 12.1 Å². The van der Waals surface area contributed by atoms with Crippen LogP contribution in [0.3, 0.4) is 0 Å². The molecule has 1 fully saturated rings. The minimum absolute atomic E-state index is 0.0172. The number of carbonyl (C=O) groups is 2. The molecule has 9 heteroatoms. The second-order valence-electron chi connectivity index (χ2n) is 9.36. The monoisotopic (exact) mass is 529 g/mol. The van der Waals surface area contributed by atoms with Gasteiger partial charge in [-0.1, -0.05) is 25.5 Å². The van der Waals surface area contributed by atoms with Gasteiger partial charge in [0.05, 0.1) is 11.1 Å². The number of rotatable bonds is 8. The van der Waals surface area contributed by atoms with Crippen LogP contribution in [0.1, 0.15) is 77.1 Å². The zero-order valence-electron chi connectivity index (χ0n) is 20.6. The van der Waals surface area contributed by atoms with Crippen LogP contribution in [0.25, 0.3) is 0 Å². The number of hydrogen-bond acceptors (Lipinski definition) is 3. The van der Waals surface area contributed by atoms with E-state index >= 15 is 0 Å². The average molecular weight is 530 g/mol. The molecule has 38 heavy (non-hydrogen) atoms. The summed E-state index contributed by atoms with van der Waals surface area (Å²) in [5.74, 6) is -2.24. The molecule has 0 bridgehead atoms. The van der Waals surface area contributed by atoms with Crippen LogP contribution in [0.2, 0.25) is 0 Å². The van der Waals surface area contributed by atoms with Crippen LogP contribution < -0.4 is 10.1 Å². The number of carboxylic acids is 1. The number of anilines is 1. The number of halogens is 4. The molecule has 1 aliphatic rings. The average Bonchev–Trinajstić information content (AvgIpc) is 3.37. The van der Waals surface area contributed by atoms with Crippen LogP contribution >= 0.6 is 0 Å². The van der Waals surface area contributed by atoms with Gasteiger partial charge < -0.3 is 15.2 Å². The maximum atomic E-state index is 13.7. The third-order valence-corrected chi connectivity index (χ3v) is 6.80. The van der Waals surface area contributed by atoms with Crippen LogP contribution in [0.15, 0.2) is 60.7 Å². The van der Waals surface area contributed by atoms with Crippen LogP contribution in [-0.4, -0.2) is 17.0 Å². The molecule has 1 amide bonds. The van der Waals surface area contributed by atoms with Crippen molar-refractivity contribution in [3.05, 3.63) is 94.3 Å². The van der Waals surface area contributed by atoms with E-state index in [0.717, 1.165) is 18.6 Å². The molecule has 3 aromatic carbocycles. The molecule has 0 heterocycles. The Kier molecular flexibility index (Phi) is 8.04. The summed E-state index contributed by atoms with van der Waals surface area (Å²) in [6.45, 7) is 1.71. The largest absolute Gasteiger partial charge is 0.489 e. The first-order valence-corrected chi connectivity index (χ1v) is 12.3. The first-order valence-electron chi connectivity index (χ1n) is 12.3. The number of nitrogens with one attached hydrogen (secondary N) is 1. The Hall–Kier alpha value is -3.88. The predicted molar refractivity (Wildman–Crippen MR) is 134 cm³/mol. The standard InChI is InChI=1S/C29H27F4NO4/c1-2-27(35)34-22-13-18(12-19(14-22)28(36)37)23-4-3-5-24(23)25-15-20(29(31,32)33)8-11-26(25)38-16-17-6-9-21(30)10-7-17/h6-15,23-24H,2-5,16H2,1H3,(H,34,35)(H,36,37). The van der Waals surface area contributed by atoms with Crippen LogP contribution in [-0.2, 0) is 17.6 Å². The van der Waals surface area contributed by atoms with Crippen molar-refractivity contribution < 1.29 is 37.0 Å². The molecule has 2 atom stereocenters. The van der Waals surface area contributed by atoms with Gasteiger partial charge in [-0.3, -0.25) is 4.79 Å². The maximum absolute atomic E-state index is 13.7. The molecule has 0 saturated heterocycles. The Balaban J connectivity index is 1.72. The van der Waals surface area contributed by atoms with E-state index in [0.29, 0.717) is 35.2 Å².